The summed E-state index contributed by atoms with van der Waals surface area (Å²) >= 11 is 0. The molecule has 11 heteroatoms. The molecule has 0 fully saturated rings. The topological polar surface area (TPSA) is 173 Å². The van der Waals surface area contributed by atoms with Crippen LogP contribution in [0, 0.1) is 0 Å². The molecule has 0 aromatic carbocycles. The van der Waals surface area contributed by atoms with E-state index in [1.807, 2.05) is 0 Å². The van der Waals surface area contributed by atoms with Crippen molar-refractivity contribution in [3.63, 3.8) is 0 Å². The molecule has 0 aliphatic carbocycles. The number of rotatable bonds is 7. The van der Waals surface area contributed by atoms with Crippen molar-refractivity contribution in [1.82, 2.24) is 24.4 Å². The minimum atomic E-state index is -1.36. The zero-order valence-electron chi connectivity index (χ0n) is 12.2. The predicted octanol–water partition coefficient (Wildman–Crippen LogP) is -2.36. The Morgan fingerprint density at radius 1 is 1.35 bits per heavy atom. The molecule has 2 heterocycles. The van der Waals surface area contributed by atoms with Crippen LogP contribution in [0.4, 0.5) is 5.82 Å². The Labute approximate surface area is 130 Å². The fraction of sp³-hybridized carbons (Fsp3) is 0.417. The Morgan fingerprint density at radius 2 is 2.09 bits per heavy atom. The van der Waals surface area contributed by atoms with Gasteiger partial charge in [0.15, 0.2) is 17.5 Å². The summed E-state index contributed by atoms with van der Waals surface area (Å²) in [6, 6.07) is -1.36. The Morgan fingerprint density at radius 3 is 2.70 bits per heavy atom. The average molecular weight is 323 g/mol. The van der Waals surface area contributed by atoms with E-state index in [0.717, 1.165) is 4.90 Å². The number of anilines is 1. The quantitative estimate of drug-likeness (QED) is 0.434. The number of hydrogen-bond donors (Lipinski definition) is 4. The van der Waals surface area contributed by atoms with Crippen molar-refractivity contribution in [2.75, 3.05) is 25.4 Å². The van der Waals surface area contributed by atoms with Crippen LogP contribution < -0.4 is 11.5 Å². The Balaban J connectivity index is 2.26. The standard InChI is InChI=1S/C12H17N7O4/c13-1-2-19(7(4-20)12(22)23)8(21)3-18-6-17-9-10(14)15-5-16-11(9)18/h5-7,20H,1-4,13H2,(H,22,23)(H2,14,15,16)/t7-/m1/s1. The third-order valence-corrected chi connectivity index (χ3v) is 3.26. The molecule has 23 heavy (non-hydrogen) atoms. The van der Waals surface area contributed by atoms with Gasteiger partial charge in [0.25, 0.3) is 0 Å². The van der Waals surface area contributed by atoms with E-state index >= 15 is 0 Å². The Hall–Kier alpha value is -2.79. The summed E-state index contributed by atoms with van der Waals surface area (Å²) in [5.74, 6) is -1.66. The van der Waals surface area contributed by atoms with E-state index in [2.05, 4.69) is 15.0 Å². The summed E-state index contributed by atoms with van der Waals surface area (Å²) in [5.41, 5.74) is 11.8. The lowest BCUT2D eigenvalue weighted by molar-refractivity contribution is -0.152. The van der Waals surface area contributed by atoms with Gasteiger partial charge in [-0.2, -0.15) is 0 Å². The van der Waals surface area contributed by atoms with Gasteiger partial charge in [0, 0.05) is 13.1 Å². The number of fused-ring (bicyclic) bond motifs is 1. The number of hydrogen-bond acceptors (Lipinski definition) is 8. The van der Waals surface area contributed by atoms with Crippen LogP contribution in [0.1, 0.15) is 0 Å². The third kappa shape index (κ3) is 3.35. The number of nitrogen functional groups attached to an aromatic ring is 1. The van der Waals surface area contributed by atoms with Crippen LogP contribution in [0.3, 0.4) is 0 Å². The number of aliphatic hydroxyl groups excluding tert-OH is 1. The van der Waals surface area contributed by atoms with Crippen LogP contribution in [0.15, 0.2) is 12.7 Å². The summed E-state index contributed by atoms with van der Waals surface area (Å²) in [7, 11) is 0. The number of carboxylic acid groups (broad SMARTS) is 1. The van der Waals surface area contributed by atoms with Crippen LogP contribution in [-0.2, 0) is 16.1 Å². The summed E-state index contributed by atoms with van der Waals surface area (Å²) in [6.07, 6.45) is 2.61. The van der Waals surface area contributed by atoms with Gasteiger partial charge in [-0.1, -0.05) is 0 Å². The number of nitrogens with zero attached hydrogens (tertiary/aromatic N) is 5. The maximum Gasteiger partial charge on any atom is 0.328 e. The van der Waals surface area contributed by atoms with Crippen molar-refractivity contribution < 1.29 is 19.8 Å². The maximum absolute atomic E-state index is 12.4. The predicted molar refractivity (Wildman–Crippen MR) is 79.0 cm³/mol. The molecule has 0 aliphatic heterocycles. The first-order valence-electron chi connectivity index (χ1n) is 6.74. The van der Waals surface area contributed by atoms with Gasteiger partial charge in [-0.3, -0.25) is 4.79 Å². The lowest BCUT2D eigenvalue weighted by Crippen LogP contribution is -2.50. The van der Waals surface area contributed by atoms with E-state index in [1.165, 1.54) is 17.2 Å². The van der Waals surface area contributed by atoms with Crippen molar-refractivity contribution >= 4 is 28.9 Å². The van der Waals surface area contributed by atoms with Crippen LogP contribution in [0.5, 0.6) is 0 Å². The number of carboxylic acids is 1. The number of amides is 1. The van der Waals surface area contributed by atoms with Gasteiger partial charge in [0.2, 0.25) is 5.91 Å². The van der Waals surface area contributed by atoms with Crippen molar-refractivity contribution in [2.45, 2.75) is 12.6 Å². The van der Waals surface area contributed by atoms with Crippen molar-refractivity contribution in [3.05, 3.63) is 12.7 Å². The fourth-order valence-electron chi connectivity index (χ4n) is 2.15. The second-order valence-electron chi connectivity index (χ2n) is 4.72. The number of carbonyl (C=O) groups is 2. The first-order valence-corrected chi connectivity index (χ1v) is 6.74. The minimum Gasteiger partial charge on any atom is -0.480 e. The zero-order chi connectivity index (χ0) is 17.0. The maximum atomic E-state index is 12.4. The fourth-order valence-corrected chi connectivity index (χ4v) is 2.15. The van der Waals surface area contributed by atoms with Gasteiger partial charge < -0.3 is 31.1 Å². The second kappa shape index (κ2) is 6.98. The van der Waals surface area contributed by atoms with E-state index in [4.69, 9.17) is 16.6 Å². The molecule has 1 atom stereocenters. The molecule has 0 radical (unpaired) electrons. The van der Waals surface area contributed by atoms with Crippen LogP contribution in [-0.4, -0.2) is 72.2 Å². The van der Waals surface area contributed by atoms with Crippen LogP contribution in [0.25, 0.3) is 11.2 Å². The van der Waals surface area contributed by atoms with Gasteiger partial charge in [-0.15, -0.1) is 0 Å². The van der Waals surface area contributed by atoms with Crippen molar-refractivity contribution in [2.24, 2.45) is 5.73 Å². The third-order valence-electron chi connectivity index (χ3n) is 3.26. The minimum absolute atomic E-state index is 0.000112. The van der Waals surface area contributed by atoms with E-state index in [9.17, 15) is 14.7 Å². The normalized spacial score (nSPS) is 12.3. The molecule has 124 valence electrons. The van der Waals surface area contributed by atoms with Gasteiger partial charge in [0.1, 0.15) is 18.4 Å². The van der Waals surface area contributed by atoms with Gasteiger partial charge in [-0.25, -0.2) is 19.7 Å². The van der Waals surface area contributed by atoms with Gasteiger partial charge in [-0.05, 0) is 0 Å². The molecule has 0 unspecified atom stereocenters. The van der Waals surface area contributed by atoms with E-state index in [-0.39, 0.29) is 25.5 Å². The summed E-state index contributed by atoms with van der Waals surface area (Å²) in [4.78, 5) is 36.4. The SMILES string of the molecule is NCCN(C(=O)Cn1cnc2c(N)ncnc21)[C@H](CO)C(=O)O. The number of aromatic nitrogens is 4. The molecule has 11 nitrogen and oxygen atoms in total. The first-order chi connectivity index (χ1) is 11.0. The lowest BCUT2D eigenvalue weighted by atomic mass is 10.2. The molecule has 2 aromatic rings. The molecule has 0 bridgehead atoms. The molecule has 2 aromatic heterocycles. The zero-order valence-corrected chi connectivity index (χ0v) is 12.2. The smallest absolute Gasteiger partial charge is 0.328 e. The largest absolute Gasteiger partial charge is 0.480 e. The molecule has 0 spiro atoms. The van der Waals surface area contributed by atoms with E-state index in [1.54, 1.807) is 0 Å². The average Bonchev–Trinajstić information content (AvgIpc) is 2.91. The van der Waals surface area contributed by atoms with E-state index in [0.29, 0.717) is 11.2 Å². The molecule has 0 saturated carbocycles. The molecule has 0 saturated heterocycles. The Kier molecular flexibility index (Phi) is 5.03. The highest BCUT2D eigenvalue weighted by molar-refractivity contribution is 5.86. The highest BCUT2D eigenvalue weighted by Crippen LogP contribution is 2.14. The van der Waals surface area contributed by atoms with Crippen molar-refractivity contribution in [1.29, 1.82) is 0 Å². The number of aliphatic carboxylic acids is 1. The van der Waals surface area contributed by atoms with Crippen molar-refractivity contribution in [3.8, 4) is 0 Å². The lowest BCUT2D eigenvalue weighted by Gasteiger charge is -2.27. The first kappa shape index (κ1) is 16.6. The molecular formula is C12H17N7O4. The van der Waals surface area contributed by atoms with Gasteiger partial charge >= 0.3 is 5.97 Å². The monoisotopic (exact) mass is 323 g/mol. The summed E-state index contributed by atoms with van der Waals surface area (Å²) in [5, 5.41) is 18.3. The number of nitrogens with two attached hydrogens (primary N) is 2. The highest BCUT2D eigenvalue weighted by atomic mass is 16.4. The molecule has 2 rings (SSSR count). The van der Waals surface area contributed by atoms with Gasteiger partial charge in [0.05, 0.1) is 12.9 Å². The molecular weight excluding hydrogens is 306 g/mol. The van der Waals surface area contributed by atoms with E-state index < -0.39 is 24.5 Å². The highest BCUT2D eigenvalue weighted by Gasteiger charge is 2.28. The number of imidazole rings is 1. The number of aliphatic hydroxyl groups is 1. The second-order valence-corrected chi connectivity index (χ2v) is 4.72. The van der Waals surface area contributed by atoms with Crippen LogP contribution in [0.2, 0.25) is 0 Å². The Bertz CT molecular complexity index is 716. The summed E-state index contributed by atoms with van der Waals surface area (Å²) in [6.45, 7) is -0.854. The van der Waals surface area contributed by atoms with Crippen LogP contribution >= 0.6 is 0 Å². The number of carbonyl (C=O) groups excluding carboxylic acids is 1. The molecule has 0 aliphatic rings. The molecule has 6 N–H and O–H groups in total. The molecule has 1 amide bonds. The summed E-state index contributed by atoms with van der Waals surface area (Å²) < 4.78 is 1.43.